The van der Waals surface area contributed by atoms with Crippen molar-refractivity contribution in [3.05, 3.63) is 15.6 Å². The summed E-state index contributed by atoms with van der Waals surface area (Å²) in [6.45, 7) is 4.12. The molecule has 1 aromatic rings. The molecule has 0 radical (unpaired) electrons. The van der Waals surface area contributed by atoms with Crippen LogP contribution in [0.3, 0.4) is 0 Å². The Labute approximate surface area is 107 Å². The number of thiazole rings is 1. The lowest BCUT2D eigenvalue weighted by Crippen LogP contribution is -2.23. The van der Waals surface area contributed by atoms with Gasteiger partial charge in [0.15, 0.2) is 0 Å². The first-order valence-electron chi connectivity index (χ1n) is 6.73. The maximum atomic E-state index is 5.74. The number of hydrogen-bond donors (Lipinski definition) is 1. The van der Waals surface area contributed by atoms with Crippen LogP contribution in [-0.4, -0.2) is 18.1 Å². The van der Waals surface area contributed by atoms with Gasteiger partial charge in [-0.3, -0.25) is 0 Å². The fraction of sp³-hybridized carbons (Fsp3) is 0.769. The Hall–Kier alpha value is -0.450. The minimum atomic E-state index is 0.285. The standard InChI is InChI=1S/C13H20N2OS/c1-2-14-9-5-3-6-10-12(9)17-13(15-10)11-7-4-8-16-11/h9,11,14H,2-8H2,1H3. The van der Waals surface area contributed by atoms with Gasteiger partial charge in [0, 0.05) is 17.5 Å². The number of rotatable bonds is 3. The van der Waals surface area contributed by atoms with E-state index >= 15 is 0 Å². The molecule has 17 heavy (non-hydrogen) atoms. The summed E-state index contributed by atoms with van der Waals surface area (Å²) in [4.78, 5) is 6.29. The first-order valence-corrected chi connectivity index (χ1v) is 7.54. The van der Waals surface area contributed by atoms with Crippen molar-refractivity contribution in [2.75, 3.05) is 13.2 Å². The number of nitrogens with one attached hydrogen (secondary N) is 1. The first kappa shape index (κ1) is 11.6. The summed E-state index contributed by atoms with van der Waals surface area (Å²) < 4.78 is 5.74. The lowest BCUT2D eigenvalue weighted by atomic mass is 9.98. The molecular formula is C13H20N2OS. The smallest absolute Gasteiger partial charge is 0.122 e. The molecule has 1 fully saturated rings. The van der Waals surface area contributed by atoms with Crippen LogP contribution in [0.2, 0.25) is 0 Å². The molecule has 0 bridgehead atoms. The Morgan fingerprint density at radius 3 is 3.12 bits per heavy atom. The second-order valence-corrected chi connectivity index (χ2v) is 5.93. The van der Waals surface area contributed by atoms with Crippen LogP contribution in [-0.2, 0) is 11.2 Å². The van der Waals surface area contributed by atoms with Gasteiger partial charge in [0.2, 0.25) is 0 Å². The van der Waals surface area contributed by atoms with Crippen LogP contribution in [0.5, 0.6) is 0 Å². The third-order valence-electron chi connectivity index (χ3n) is 3.62. The molecule has 1 saturated heterocycles. The second kappa shape index (κ2) is 5.04. The van der Waals surface area contributed by atoms with Crippen LogP contribution in [0.1, 0.15) is 60.3 Å². The van der Waals surface area contributed by atoms with E-state index in [1.54, 1.807) is 0 Å². The minimum absolute atomic E-state index is 0.285. The zero-order chi connectivity index (χ0) is 11.7. The number of hydrogen-bond acceptors (Lipinski definition) is 4. The number of fused-ring (bicyclic) bond motifs is 1. The van der Waals surface area contributed by atoms with Gasteiger partial charge in [0.05, 0.1) is 5.69 Å². The Morgan fingerprint density at radius 2 is 2.35 bits per heavy atom. The molecule has 0 aromatic carbocycles. The van der Waals surface area contributed by atoms with Gasteiger partial charge in [0.1, 0.15) is 11.1 Å². The zero-order valence-electron chi connectivity index (χ0n) is 10.4. The first-order chi connectivity index (χ1) is 8.38. The molecule has 2 unspecified atom stereocenters. The fourth-order valence-corrected chi connectivity index (χ4v) is 4.10. The molecule has 0 saturated carbocycles. The maximum absolute atomic E-state index is 5.74. The molecular weight excluding hydrogens is 232 g/mol. The van der Waals surface area contributed by atoms with Crippen molar-refractivity contribution in [2.45, 2.75) is 51.2 Å². The second-order valence-electron chi connectivity index (χ2n) is 4.87. The van der Waals surface area contributed by atoms with Gasteiger partial charge < -0.3 is 10.1 Å². The van der Waals surface area contributed by atoms with E-state index in [-0.39, 0.29) is 6.10 Å². The van der Waals surface area contributed by atoms with E-state index in [1.165, 1.54) is 34.8 Å². The molecule has 2 aliphatic rings. The fourth-order valence-electron chi connectivity index (χ4n) is 2.79. The normalized spacial score (nSPS) is 28.3. The third-order valence-corrected chi connectivity index (χ3v) is 4.93. The predicted octanol–water partition coefficient (Wildman–Crippen LogP) is 2.98. The van der Waals surface area contributed by atoms with E-state index < -0.39 is 0 Å². The van der Waals surface area contributed by atoms with E-state index in [0.717, 1.165) is 26.0 Å². The Balaban J connectivity index is 1.84. The van der Waals surface area contributed by atoms with Crippen molar-refractivity contribution < 1.29 is 4.74 Å². The zero-order valence-corrected chi connectivity index (χ0v) is 11.2. The van der Waals surface area contributed by atoms with E-state index in [4.69, 9.17) is 9.72 Å². The molecule has 4 heteroatoms. The topological polar surface area (TPSA) is 34.2 Å². The number of ether oxygens (including phenoxy) is 1. The molecule has 1 aliphatic heterocycles. The van der Waals surface area contributed by atoms with Gasteiger partial charge in [-0.05, 0) is 38.6 Å². The predicted molar refractivity (Wildman–Crippen MR) is 69.4 cm³/mol. The summed E-state index contributed by atoms with van der Waals surface area (Å²) in [6, 6.07) is 0.538. The monoisotopic (exact) mass is 252 g/mol. The van der Waals surface area contributed by atoms with Gasteiger partial charge >= 0.3 is 0 Å². The van der Waals surface area contributed by atoms with Crippen LogP contribution < -0.4 is 5.32 Å². The van der Waals surface area contributed by atoms with Gasteiger partial charge in [-0.25, -0.2) is 4.98 Å². The third kappa shape index (κ3) is 2.26. The van der Waals surface area contributed by atoms with Crippen LogP contribution in [0.25, 0.3) is 0 Å². The summed E-state index contributed by atoms with van der Waals surface area (Å²) in [5, 5.41) is 4.79. The largest absolute Gasteiger partial charge is 0.371 e. The SMILES string of the molecule is CCNC1CCCc2nc(C3CCCO3)sc21. The average molecular weight is 252 g/mol. The molecule has 3 nitrogen and oxygen atoms in total. The molecule has 2 heterocycles. The molecule has 94 valence electrons. The highest BCUT2D eigenvalue weighted by Gasteiger charge is 2.28. The highest BCUT2D eigenvalue weighted by atomic mass is 32.1. The van der Waals surface area contributed by atoms with Crippen molar-refractivity contribution in [1.82, 2.24) is 10.3 Å². The quantitative estimate of drug-likeness (QED) is 0.898. The molecule has 0 amide bonds. The summed E-state index contributed by atoms with van der Waals surface area (Å²) in [7, 11) is 0. The summed E-state index contributed by atoms with van der Waals surface area (Å²) in [5.41, 5.74) is 1.33. The van der Waals surface area contributed by atoms with Crippen molar-refractivity contribution in [1.29, 1.82) is 0 Å². The van der Waals surface area contributed by atoms with E-state index in [9.17, 15) is 0 Å². The number of aromatic nitrogens is 1. The van der Waals surface area contributed by atoms with Crippen LogP contribution >= 0.6 is 11.3 Å². The van der Waals surface area contributed by atoms with E-state index in [0.29, 0.717) is 6.04 Å². The van der Waals surface area contributed by atoms with Crippen molar-refractivity contribution in [3.63, 3.8) is 0 Å². The van der Waals surface area contributed by atoms with E-state index in [1.807, 2.05) is 11.3 Å². The van der Waals surface area contributed by atoms with Gasteiger partial charge in [-0.1, -0.05) is 6.92 Å². The molecule has 3 rings (SSSR count). The van der Waals surface area contributed by atoms with Crippen molar-refractivity contribution in [3.8, 4) is 0 Å². The van der Waals surface area contributed by atoms with Crippen LogP contribution in [0.4, 0.5) is 0 Å². The van der Waals surface area contributed by atoms with Crippen LogP contribution in [0.15, 0.2) is 0 Å². The van der Waals surface area contributed by atoms with Crippen LogP contribution in [0, 0.1) is 0 Å². The molecule has 1 aromatic heterocycles. The van der Waals surface area contributed by atoms with Crippen molar-refractivity contribution >= 4 is 11.3 Å². The number of nitrogens with zero attached hydrogens (tertiary/aromatic N) is 1. The van der Waals surface area contributed by atoms with Gasteiger partial charge in [-0.2, -0.15) is 0 Å². The summed E-state index contributed by atoms with van der Waals surface area (Å²) in [6.07, 6.45) is 6.30. The molecule has 0 spiro atoms. The van der Waals surface area contributed by atoms with Gasteiger partial charge in [-0.15, -0.1) is 11.3 Å². The highest BCUT2D eigenvalue weighted by Crippen LogP contribution is 2.39. The van der Waals surface area contributed by atoms with Gasteiger partial charge in [0.25, 0.3) is 0 Å². The van der Waals surface area contributed by atoms with Crippen molar-refractivity contribution in [2.24, 2.45) is 0 Å². The Kier molecular flexibility index (Phi) is 3.45. The molecule has 2 atom stereocenters. The average Bonchev–Trinajstić information content (AvgIpc) is 2.98. The summed E-state index contributed by atoms with van der Waals surface area (Å²) in [5.74, 6) is 0. The Morgan fingerprint density at radius 1 is 1.41 bits per heavy atom. The highest BCUT2D eigenvalue weighted by molar-refractivity contribution is 7.11. The molecule has 1 aliphatic carbocycles. The maximum Gasteiger partial charge on any atom is 0.122 e. The Bertz CT molecular complexity index is 385. The number of aryl methyl sites for hydroxylation is 1. The lowest BCUT2D eigenvalue weighted by Gasteiger charge is -2.21. The summed E-state index contributed by atoms with van der Waals surface area (Å²) >= 11 is 1.88. The lowest BCUT2D eigenvalue weighted by molar-refractivity contribution is 0.111. The molecule has 1 N–H and O–H groups in total. The minimum Gasteiger partial charge on any atom is -0.371 e. The van der Waals surface area contributed by atoms with E-state index in [2.05, 4.69) is 12.2 Å².